The molecule has 0 saturated heterocycles. The molecule has 19 heavy (non-hydrogen) atoms. The van der Waals surface area contributed by atoms with Gasteiger partial charge in [0.2, 0.25) is 10.0 Å². The van der Waals surface area contributed by atoms with E-state index in [1.165, 1.54) is 19.3 Å². The molecule has 2 atom stereocenters. The minimum absolute atomic E-state index is 0.144. The molecular weight excluding hydrogens is 280 g/mol. The second-order valence-corrected chi connectivity index (χ2v) is 8.63. The second-order valence-electron chi connectivity index (χ2n) is 5.68. The Morgan fingerprint density at radius 2 is 1.89 bits per heavy atom. The van der Waals surface area contributed by atoms with Gasteiger partial charge < -0.3 is 5.32 Å². The Balaban J connectivity index is 1.71. The highest BCUT2D eigenvalue weighted by Crippen LogP contribution is 2.27. The molecule has 0 aromatic heterocycles. The number of rotatable bonds is 8. The molecule has 112 valence electrons. The highest BCUT2D eigenvalue weighted by atomic mass is 32.2. The molecule has 2 aliphatic carbocycles. The van der Waals surface area contributed by atoms with Crippen LogP contribution in [0.4, 0.5) is 0 Å². The van der Waals surface area contributed by atoms with Crippen molar-refractivity contribution in [3.63, 3.8) is 0 Å². The normalized spacial score (nSPS) is 28.5. The summed E-state index contributed by atoms with van der Waals surface area (Å²) in [6, 6.07) is 0.806. The summed E-state index contributed by atoms with van der Waals surface area (Å²) >= 11 is 1.80. The van der Waals surface area contributed by atoms with Crippen molar-refractivity contribution in [1.29, 1.82) is 0 Å². The predicted molar refractivity (Wildman–Crippen MR) is 82.1 cm³/mol. The molecular formula is C13H26N2O2S2. The van der Waals surface area contributed by atoms with Crippen LogP contribution in [0.1, 0.15) is 44.9 Å². The van der Waals surface area contributed by atoms with E-state index in [1.54, 1.807) is 11.8 Å². The first-order chi connectivity index (χ1) is 9.11. The summed E-state index contributed by atoms with van der Waals surface area (Å²) in [6.07, 6.45) is 9.80. The monoisotopic (exact) mass is 306 g/mol. The fraction of sp³-hybridized carbons (Fsp3) is 1.00. The van der Waals surface area contributed by atoms with Crippen LogP contribution in [0, 0.1) is 0 Å². The van der Waals surface area contributed by atoms with Crippen molar-refractivity contribution in [2.45, 2.75) is 62.3 Å². The van der Waals surface area contributed by atoms with E-state index in [0.29, 0.717) is 17.7 Å². The average Bonchev–Trinajstić information content (AvgIpc) is 3.19. The second kappa shape index (κ2) is 7.29. The zero-order valence-electron chi connectivity index (χ0n) is 11.7. The number of nitrogens with one attached hydrogen (secondary N) is 2. The van der Waals surface area contributed by atoms with Crippen LogP contribution in [0.2, 0.25) is 0 Å². The lowest BCUT2D eigenvalue weighted by Crippen LogP contribution is -2.44. The predicted octanol–water partition coefficient (Wildman–Crippen LogP) is 1.72. The molecule has 4 nitrogen and oxygen atoms in total. The molecule has 0 bridgehead atoms. The summed E-state index contributed by atoms with van der Waals surface area (Å²) in [5.74, 6) is 0.254. The van der Waals surface area contributed by atoms with Gasteiger partial charge in [0.1, 0.15) is 0 Å². The highest BCUT2D eigenvalue weighted by Gasteiger charge is 2.28. The van der Waals surface area contributed by atoms with E-state index in [-0.39, 0.29) is 11.8 Å². The van der Waals surface area contributed by atoms with Gasteiger partial charge in [-0.25, -0.2) is 13.1 Å². The van der Waals surface area contributed by atoms with Crippen LogP contribution in [0.25, 0.3) is 0 Å². The molecule has 2 unspecified atom stereocenters. The molecule has 2 rings (SSSR count). The summed E-state index contributed by atoms with van der Waals surface area (Å²) in [5, 5.41) is 3.81. The quantitative estimate of drug-likeness (QED) is 0.671. The Bertz CT molecular complexity index is 369. The number of sulfonamides is 1. The van der Waals surface area contributed by atoms with Gasteiger partial charge in [-0.05, 0) is 44.9 Å². The molecule has 0 aromatic carbocycles. The molecule has 6 heteroatoms. The van der Waals surface area contributed by atoms with Crippen molar-refractivity contribution in [3.05, 3.63) is 0 Å². The van der Waals surface area contributed by atoms with Gasteiger partial charge in [-0.3, -0.25) is 0 Å². The molecule has 2 fully saturated rings. The first-order valence-corrected chi connectivity index (χ1v) is 10.3. The zero-order valence-corrected chi connectivity index (χ0v) is 13.4. The van der Waals surface area contributed by atoms with E-state index in [9.17, 15) is 8.42 Å². The molecule has 0 radical (unpaired) electrons. The molecule has 0 amide bonds. The summed E-state index contributed by atoms with van der Waals surface area (Å²) in [7, 11) is -3.11. The Hall–Kier alpha value is 0.220. The average molecular weight is 306 g/mol. The van der Waals surface area contributed by atoms with E-state index in [2.05, 4.69) is 16.3 Å². The van der Waals surface area contributed by atoms with Crippen LogP contribution in [0.15, 0.2) is 0 Å². The molecule has 2 aliphatic rings. The van der Waals surface area contributed by atoms with Crippen LogP contribution >= 0.6 is 11.8 Å². The van der Waals surface area contributed by atoms with E-state index in [0.717, 1.165) is 25.8 Å². The van der Waals surface area contributed by atoms with Gasteiger partial charge in [0.15, 0.2) is 0 Å². The third-order valence-electron chi connectivity index (χ3n) is 3.94. The van der Waals surface area contributed by atoms with E-state index < -0.39 is 10.0 Å². The van der Waals surface area contributed by atoms with Gasteiger partial charge in [0, 0.05) is 17.3 Å². The van der Waals surface area contributed by atoms with Crippen molar-refractivity contribution in [3.8, 4) is 0 Å². The summed E-state index contributed by atoms with van der Waals surface area (Å²) in [6.45, 7) is 0.822. The van der Waals surface area contributed by atoms with Crippen LogP contribution < -0.4 is 10.0 Å². The van der Waals surface area contributed by atoms with Crippen molar-refractivity contribution < 1.29 is 8.42 Å². The fourth-order valence-electron chi connectivity index (χ4n) is 2.66. The molecule has 0 aromatic rings. The third kappa shape index (κ3) is 5.61. The number of hydrogen-bond acceptors (Lipinski definition) is 4. The molecule has 0 aliphatic heterocycles. The Kier molecular flexibility index (Phi) is 5.99. The minimum atomic E-state index is -3.11. The van der Waals surface area contributed by atoms with Gasteiger partial charge in [-0.2, -0.15) is 11.8 Å². The lowest BCUT2D eigenvalue weighted by molar-refractivity contribution is 0.423. The maximum atomic E-state index is 12.1. The lowest BCUT2D eigenvalue weighted by Gasteiger charge is -2.30. The van der Waals surface area contributed by atoms with Crippen molar-refractivity contribution in [2.75, 3.05) is 18.6 Å². The summed E-state index contributed by atoms with van der Waals surface area (Å²) in [4.78, 5) is 0. The topological polar surface area (TPSA) is 58.2 Å². The van der Waals surface area contributed by atoms with Crippen LogP contribution in [0.3, 0.4) is 0 Å². The highest BCUT2D eigenvalue weighted by molar-refractivity contribution is 7.99. The first kappa shape index (κ1) is 15.6. The molecule has 0 heterocycles. The van der Waals surface area contributed by atoms with E-state index >= 15 is 0 Å². The molecule has 2 N–H and O–H groups in total. The lowest BCUT2D eigenvalue weighted by atomic mass is 9.96. The van der Waals surface area contributed by atoms with E-state index in [4.69, 9.17) is 0 Å². The van der Waals surface area contributed by atoms with Gasteiger partial charge in [-0.15, -0.1) is 0 Å². The van der Waals surface area contributed by atoms with E-state index in [1.807, 2.05) is 0 Å². The van der Waals surface area contributed by atoms with Gasteiger partial charge in [-0.1, -0.05) is 12.8 Å². The Labute approximate surface area is 121 Å². The SMILES string of the molecule is CSC1CCCCC1NS(=O)(=O)CCCNC1CC1. The summed E-state index contributed by atoms with van der Waals surface area (Å²) in [5.41, 5.74) is 0. The maximum absolute atomic E-state index is 12.1. The van der Waals surface area contributed by atoms with Crippen LogP contribution in [-0.2, 0) is 10.0 Å². The zero-order chi connectivity index (χ0) is 13.7. The third-order valence-corrected chi connectivity index (χ3v) is 6.59. The van der Waals surface area contributed by atoms with Crippen molar-refractivity contribution in [1.82, 2.24) is 10.0 Å². The van der Waals surface area contributed by atoms with Crippen molar-refractivity contribution >= 4 is 21.8 Å². The minimum Gasteiger partial charge on any atom is -0.314 e. The Morgan fingerprint density at radius 1 is 1.16 bits per heavy atom. The standard InChI is InChI=1S/C13H26N2O2S2/c1-18-13-6-3-2-5-12(13)15-19(16,17)10-4-9-14-11-7-8-11/h11-15H,2-10H2,1H3. The summed E-state index contributed by atoms with van der Waals surface area (Å²) < 4.78 is 27.1. The van der Waals surface area contributed by atoms with Crippen LogP contribution in [0.5, 0.6) is 0 Å². The largest absolute Gasteiger partial charge is 0.314 e. The van der Waals surface area contributed by atoms with Gasteiger partial charge in [0.05, 0.1) is 5.75 Å². The Morgan fingerprint density at radius 3 is 2.58 bits per heavy atom. The smallest absolute Gasteiger partial charge is 0.211 e. The number of thioether (sulfide) groups is 1. The fourth-order valence-corrected chi connectivity index (χ4v) is 5.07. The molecule has 0 spiro atoms. The molecule has 2 saturated carbocycles. The van der Waals surface area contributed by atoms with Crippen molar-refractivity contribution in [2.24, 2.45) is 0 Å². The number of hydrogen-bond donors (Lipinski definition) is 2. The first-order valence-electron chi connectivity index (χ1n) is 7.37. The van der Waals surface area contributed by atoms with Gasteiger partial charge in [0.25, 0.3) is 0 Å². The maximum Gasteiger partial charge on any atom is 0.211 e. The van der Waals surface area contributed by atoms with Crippen LogP contribution in [-0.4, -0.2) is 44.3 Å². The van der Waals surface area contributed by atoms with Gasteiger partial charge >= 0.3 is 0 Å².